The average Bonchev–Trinajstić information content (AvgIpc) is 2.72. The summed E-state index contributed by atoms with van der Waals surface area (Å²) in [6.45, 7) is 12.0. The molecule has 2 rings (SSSR count). The maximum absolute atomic E-state index is 11.3. The molecule has 2 aromatic rings. The quantitative estimate of drug-likeness (QED) is 0.589. The van der Waals surface area contributed by atoms with Crippen LogP contribution >= 0.6 is 12.8 Å². The number of rotatable bonds is 6. The lowest BCUT2D eigenvalue weighted by molar-refractivity contribution is -0.119. The molecule has 0 unspecified atom stereocenters. The van der Waals surface area contributed by atoms with Crippen LogP contribution in [0, 0.1) is 13.8 Å². The minimum Gasteiger partial charge on any atom is -0.497 e. The highest BCUT2D eigenvalue weighted by atomic mass is 32.1. The van der Waals surface area contributed by atoms with Crippen LogP contribution in [0.3, 0.4) is 0 Å². The Morgan fingerprint density at radius 2 is 1.44 bits per heavy atom. The second kappa shape index (κ2) is 14.0. The molecule has 150 valence electrons. The molecule has 0 radical (unpaired) electrons. The normalized spacial score (nSPS) is 9.19. The smallest absolute Gasteiger partial charge is 0.229 e. The van der Waals surface area contributed by atoms with E-state index in [4.69, 9.17) is 9.47 Å². The van der Waals surface area contributed by atoms with E-state index in [2.05, 4.69) is 29.7 Å². The van der Waals surface area contributed by atoms with E-state index in [0.29, 0.717) is 12.8 Å². The van der Waals surface area contributed by atoms with Crippen molar-refractivity contribution in [2.75, 3.05) is 7.11 Å². The molecule has 5 heteroatoms. The van der Waals surface area contributed by atoms with Gasteiger partial charge in [0.15, 0.2) is 0 Å². The second-order valence-electron chi connectivity index (χ2n) is 5.37. The second-order valence-corrected chi connectivity index (χ2v) is 5.59. The van der Waals surface area contributed by atoms with E-state index in [1.165, 1.54) is 0 Å². The van der Waals surface area contributed by atoms with Crippen LogP contribution in [-0.2, 0) is 11.2 Å². The molecular weight excluding hydrogens is 358 g/mol. The van der Waals surface area contributed by atoms with E-state index in [1.54, 1.807) is 7.11 Å². The Kier molecular flexibility index (Phi) is 12.9. The number of amides is 1. The SMILES string of the molecule is CC.CC.COc1ccc(Oc2c(C)cc(CCC(=O)NS)cc2C)cc1. The summed E-state index contributed by atoms with van der Waals surface area (Å²) < 4.78 is 13.5. The predicted molar refractivity (Wildman–Crippen MR) is 117 cm³/mol. The van der Waals surface area contributed by atoms with Gasteiger partial charge >= 0.3 is 0 Å². The van der Waals surface area contributed by atoms with Gasteiger partial charge in [0.1, 0.15) is 17.2 Å². The Labute approximate surface area is 169 Å². The van der Waals surface area contributed by atoms with Gasteiger partial charge in [-0.05, 0) is 61.2 Å². The highest BCUT2D eigenvalue weighted by molar-refractivity contribution is 7.78. The lowest BCUT2D eigenvalue weighted by Gasteiger charge is -2.14. The zero-order valence-corrected chi connectivity index (χ0v) is 18.4. The van der Waals surface area contributed by atoms with Gasteiger partial charge in [-0.2, -0.15) is 0 Å². The number of carbonyl (C=O) groups is 1. The molecule has 0 atom stereocenters. The summed E-state index contributed by atoms with van der Waals surface area (Å²) in [5.41, 5.74) is 3.20. The zero-order chi connectivity index (χ0) is 20.8. The van der Waals surface area contributed by atoms with Crippen molar-refractivity contribution in [3.05, 3.63) is 53.1 Å². The first kappa shape index (κ1) is 24.9. The number of hydrogen-bond acceptors (Lipinski definition) is 4. The van der Waals surface area contributed by atoms with E-state index < -0.39 is 0 Å². The molecule has 1 amide bonds. The molecule has 0 saturated heterocycles. The van der Waals surface area contributed by atoms with Crippen LogP contribution in [0.25, 0.3) is 0 Å². The highest BCUT2D eigenvalue weighted by Crippen LogP contribution is 2.31. The third kappa shape index (κ3) is 8.39. The van der Waals surface area contributed by atoms with Gasteiger partial charge in [0.2, 0.25) is 5.91 Å². The number of thiol groups is 1. The van der Waals surface area contributed by atoms with Gasteiger partial charge in [0.25, 0.3) is 0 Å². The van der Waals surface area contributed by atoms with Crippen molar-refractivity contribution in [1.29, 1.82) is 0 Å². The Bertz CT molecular complexity index is 661. The van der Waals surface area contributed by atoms with Gasteiger partial charge in [-0.1, -0.05) is 52.6 Å². The van der Waals surface area contributed by atoms with Crippen molar-refractivity contribution in [2.45, 2.75) is 54.4 Å². The fourth-order valence-corrected chi connectivity index (χ4v) is 2.53. The van der Waals surface area contributed by atoms with E-state index in [-0.39, 0.29) is 5.91 Å². The Balaban J connectivity index is 0.00000158. The molecule has 0 aromatic heterocycles. The standard InChI is InChI=1S/C18H21NO3S.2C2H6/c1-12-10-14(4-9-17(20)19-23)11-13(2)18(12)22-16-7-5-15(21-3)6-8-16;2*1-2/h5-8,10-11,23H,4,9H2,1-3H3,(H,19,20);2*1-2H3. The van der Waals surface area contributed by atoms with Crippen LogP contribution in [-0.4, -0.2) is 13.0 Å². The molecule has 0 fully saturated rings. The van der Waals surface area contributed by atoms with Gasteiger partial charge in [0.05, 0.1) is 7.11 Å². The first-order valence-corrected chi connectivity index (χ1v) is 9.83. The van der Waals surface area contributed by atoms with E-state index >= 15 is 0 Å². The molecule has 0 aliphatic carbocycles. The summed E-state index contributed by atoms with van der Waals surface area (Å²) >= 11 is 3.76. The summed E-state index contributed by atoms with van der Waals surface area (Å²) in [6.07, 6.45) is 1.10. The van der Waals surface area contributed by atoms with Crippen molar-refractivity contribution in [3.63, 3.8) is 0 Å². The van der Waals surface area contributed by atoms with Crippen LogP contribution < -0.4 is 14.2 Å². The monoisotopic (exact) mass is 391 g/mol. The van der Waals surface area contributed by atoms with Crippen LogP contribution in [0.15, 0.2) is 36.4 Å². The number of aryl methyl sites for hydroxylation is 3. The van der Waals surface area contributed by atoms with Crippen molar-refractivity contribution in [1.82, 2.24) is 4.72 Å². The number of hydrogen-bond donors (Lipinski definition) is 2. The van der Waals surface area contributed by atoms with Crippen molar-refractivity contribution in [3.8, 4) is 17.2 Å². The van der Waals surface area contributed by atoms with Crippen LogP contribution in [0.5, 0.6) is 17.2 Å². The molecule has 0 aliphatic rings. The van der Waals surface area contributed by atoms with E-state index in [0.717, 1.165) is 33.9 Å². The van der Waals surface area contributed by atoms with Crippen LogP contribution in [0.4, 0.5) is 0 Å². The molecule has 0 heterocycles. The first-order chi connectivity index (χ1) is 13.0. The topological polar surface area (TPSA) is 47.6 Å². The fraction of sp³-hybridized carbons (Fsp3) is 0.409. The maximum Gasteiger partial charge on any atom is 0.229 e. The lowest BCUT2D eigenvalue weighted by Crippen LogP contribution is -2.12. The third-order valence-corrected chi connectivity index (χ3v) is 3.81. The molecule has 0 aliphatic heterocycles. The number of benzene rings is 2. The molecular formula is C22H33NO3S. The molecule has 0 spiro atoms. The molecule has 1 N–H and O–H groups in total. The summed E-state index contributed by atoms with van der Waals surface area (Å²) in [5.74, 6) is 2.32. The maximum atomic E-state index is 11.3. The number of ether oxygens (including phenoxy) is 2. The number of methoxy groups -OCH3 is 1. The number of carbonyl (C=O) groups excluding carboxylic acids is 1. The molecule has 2 aromatic carbocycles. The van der Waals surface area contributed by atoms with Crippen molar-refractivity contribution >= 4 is 18.7 Å². The van der Waals surface area contributed by atoms with Gasteiger partial charge in [-0.3, -0.25) is 4.79 Å². The highest BCUT2D eigenvalue weighted by Gasteiger charge is 2.09. The largest absolute Gasteiger partial charge is 0.497 e. The summed E-state index contributed by atoms with van der Waals surface area (Å²) in [7, 11) is 1.64. The summed E-state index contributed by atoms with van der Waals surface area (Å²) in [6, 6.07) is 11.6. The summed E-state index contributed by atoms with van der Waals surface area (Å²) in [4.78, 5) is 11.3. The first-order valence-electron chi connectivity index (χ1n) is 9.38. The van der Waals surface area contributed by atoms with Crippen LogP contribution in [0.1, 0.15) is 50.8 Å². The fourth-order valence-electron chi connectivity index (χ4n) is 2.42. The summed E-state index contributed by atoms with van der Waals surface area (Å²) in [5, 5.41) is 0. The average molecular weight is 392 g/mol. The molecule has 0 bridgehead atoms. The zero-order valence-electron chi connectivity index (χ0n) is 17.6. The molecule has 27 heavy (non-hydrogen) atoms. The van der Waals surface area contributed by atoms with Crippen molar-refractivity contribution < 1.29 is 14.3 Å². The lowest BCUT2D eigenvalue weighted by atomic mass is 10.0. The Hall–Kier alpha value is -2.14. The van der Waals surface area contributed by atoms with Crippen LogP contribution in [0.2, 0.25) is 0 Å². The predicted octanol–water partition coefficient (Wildman–Crippen LogP) is 6.05. The van der Waals surface area contributed by atoms with Gasteiger partial charge < -0.3 is 14.2 Å². The Morgan fingerprint density at radius 3 is 1.89 bits per heavy atom. The van der Waals surface area contributed by atoms with Gasteiger partial charge in [0, 0.05) is 6.42 Å². The molecule has 4 nitrogen and oxygen atoms in total. The third-order valence-electron chi connectivity index (χ3n) is 3.56. The van der Waals surface area contributed by atoms with Crippen molar-refractivity contribution in [2.24, 2.45) is 0 Å². The van der Waals surface area contributed by atoms with E-state index in [1.807, 2.05) is 65.8 Å². The minimum absolute atomic E-state index is 0.0813. The van der Waals surface area contributed by atoms with Gasteiger partial charge in [-0.25, -0.2) is 0 Å². The Morgan fingerprint density at radius 1 is 0.963 bits per heavy atom. The molecule has 0 saturated carbocycles. The van der Waals surface area contributed by atoms with Gasteiger partial charge in [-0.15, -0.1) is 0 Å². The van der Waals surface area contributed by atoms with E-state index in [9.17, 15) is 4.79 Å². The minimum atomic E-state index is -0.0813. The number of nitrogens with one attached hydrogen (secondary N) is 1.